The number of piperidine rings is 1. The minimum absolute atomic E-state index is 0.0950. The minimum Gasteiger partial charge on any atom is -0.474 e. The van der Waals surface area contributed by atoms with Crippen LogP contribution in [0.4, 0.5) is 0 Å². The van der Waals surface area contributed by atoms with Crippen molar-refractivity contribution in [3.05, 3.63) is 41.3 Å². The molecule has 4 rings (SSSR count). The number of rotatable bonds is 4. The first kappa shape index (κ1) is 15.2. The molecule has 24 heavy (non-hydrogen) atoms. The van der Waals surface area contributed by atoms with Gasteiger partial charge in [-0.1, -0.05) is 6.07 Å². The minimum atomic E-state index is 0.0950. The van der Waals surface area contributed by atoms with Gasteiger partial charge in [0.1, 0.15) is 6.10 Å². The summed E-state index contributed by atoms with van der Waals surface area (Å²) in [6.45, 7) is 3.43. The van der Waals surface area contributed by atoms with Gasteiger partial charge in [0.05, 0.1) is 17.5 Å². The lowest BCUT2D eigenvalue weighted by molar-refractivity contribution is 0.0587. The molecule has 6 nitrogen and oxygen atoms in total. The molecule has 0 bridgehead atoms. The van der Waals surface area contributed by atoms with Crippen LogP contribution in [0.1, 0.15) is 53.2 Å². The predicted molar refractivity (Wildman–Crippen MR) is 89.1 cm³/mol. The molecule has 1 N–H and O–H groups in total. The number of nitrogens with zero attached hydrogens (tertiary/aromatic N) is 3. The summed E-state index contributed by atoms with van der Waals surface area (Å²) in [5, 5.41) is 7.07. The number of aromatic nitrogens is 3. The van der Waals surface area contributed by atoms with Crippen LogP contribution in [-0.2, 0) is 0 Å². The highest BCUT2D eigenvalue weighted by molar-refractivity contribution is 5.95. The van der Waals surface area contributed by atoms with E-state index in [2.05, 4.69) is 15.2 Å². The zero-order chi connectivity index (χ0) is 16.5. The standard InChI is InChI=1S/C18H22N4O2/c1-12-2-5-16(19-10-12)24-14-6-8-22(9-7-14)18(23)15-11-20-21-17(15)13-3-4-13/h2,5,10-11,13-14H,3-4,6-9H2,1H3,(H,20,21). The number of amides is 1. The van der Waals surface area contributed by atoms with E-state index in [0.717, 1.165) is 42.5 Å². The number of hydrogen-bond donors (Lipinski definition) is 1. The molecule has 0 spiro atoms. The number of hydrogen-bond acceptors (Lipinski definition) is 4. The average Bonchev–Trinajstić information content (AvgIpc) is 3.34. The first-order valence-corrected chi connectivity index (χ1v) is 8.62. The van der Waals surface area contributed by atoms with Crippen LogP contribution < -0.4 is 4.74 Å². The molecule has 3 heterocycles. The van der Waals surface area contributed by atoms with Gasteiger partial charge in [-0.25, -0.2) is 4.98 Å². The quantitative estimate of drug-likeness (QED) is 0.937. The highest BCUT2D eigenvalue weighted by Crippen LogP contribution is 2.40. The number of H-pyrrole nitrogens is 1. The first-order valence-electron chi connectivity index (χ1n) is 8.62. The maximum Gasteiger partial charge on any atom is 0.257 e. The number of carbonyl (C=O) groups excluding carboxylic acids is 1. The third-order valence-corrected chi connectivity index (χ3v) is 4.79. The van der Waals surface area contributed by atoms with Gasteiger partial charge in [-0.05, 0) is 25.3 Å². The Labute approximate surface area is 141 Å². The monoisotopic (exact) mass is 326 g/mol. The van der Waals surface area contributed by atoms with Crippen molar-refractivity contribution >= 4 is 5.91 Å². The maximum absolute atomic E-state index is 12.7. The molecule has 2 aromatic rings. The predicted octanol–water partition coefficient (Wildman–Crippen LogP) is 2.67. The first-order chi connectivity index (χ1) is 11.7. The molecule has 1 saturated heterocycles. The van der Waals surface area contributed by atoms with Crippen LogP contribution in [0.5, 0.6) is 5.88 Å². The third kappa shape index (κ3) is 3.13. The van der Waals surface area contributed by atoms with E-state index in [1.165, 1.54) is 0 Å². The van der Waals surface area contributed by atoms with Crippen molar-refractivity contribution in [3.63, 3.8) is 0 Å². The maximum atomic E-state index is 12.7. The molecular formula is C18H22N4O2. The zero-order valence-electron chi connectivity index (χ0n) is 13.9. The number of carbonyl (C=O) groups is 1. The SMILES string of the molecule is Cc1ccc(OC2CCN(C(=O)c3cn[nH]c3C3CC3)CC2)nc1. The molecule has 1 aliphatic carbocycles. The Morgan fingerprint density at radius 1 is 1.21 bits per heavy atom. The number of pyridine rings is 1. The molecule has 2 fully saturated rings. The van der Waals surface area contributed by atoms with Crippen LogP contribution in [0.3, 0.4) is 0 Å². The molecule has 1 saturated carbocycles. The van der Waals surface area contributed by atoms with E-state index in [1.807, 2.05) is 30.2 Å². The lowest BCUT2D eigenvalue weighted by Gasteiger charge is -2.32. The Hall–Kier alpha value is -2.37. The van der Waals surface area contributed by atoms with Crippen LogP contribution in [-0.4, -0.2) is 45.2 Å². The lowest BCUT2D eigenvalue weighted by Crippen LogP contribution is -2.42. The van der Waals surface area contributed by atoms with Gasteiger partial charge in [-0.2, -0.15) is 5.10 Å². The number of aromatic amines is 1. The van der Waals surface area contributed by atoms with E-state index in [0.29, 0.717) is 24.9 Å². The highest BCUT2D eigenvalue weighted by atomic mass is 16.5. The molecule has 1 aliphatic heterocycles. The van der Waals surface area contributed by atoms with E-state index < -0.39 is 0 Å². The second-order valence-corrected chi connectivity index (χ2v) is 6.75. The lowest BCUT2D eigenvalue weighted by atomic mass is 10.1. The summed E-state index contributed by atoms with van der Waals surface area (Å²) in [6.07, 6.45) is 7.58. The smallest absolute Gasteiger partial charge is 0.257 e. The van der Waals surface area contributed by atoms with Crippen LogP contribution in [0.2, 0.25) is 0 Å². The van der Waals surface area contributed by atoms with Gasteiger partial charge in [-0.15, -0.1) is 0 Å². The van der Waals surface area contributed by atoms with Crippen molar-refractivity contribution < 1.29 is 9.53 Å². The molecule has 2 aromatic heterocycles. The van der Waals surface area contributed by atoms with Gasteiger partial charge in [-0.3, -0.25) is 9.89 Å². The van der Waals surface area contributed by atoms with E-state index >= 15 is 0 Å². The normalized spacial score (nSPS) is 18.6. The Balaban J connectivity index is 1.34. The molecule has 2 aliphatic rings. The average molecular weight is 326 g/mol. The van der Waals surface area contributed by atoms with Crippen molar-refractivity contribution in [3.8, 4) is 5.88 Å². The highest BCUT2D eigenvalue weighted by Gasteiger charge is 2.32. The summed E-state index contributed by atoms with van der Waals surface area (Å²) in [5.41, 5.74) is 2.88. The molecule has 126 valence electrons. The van der Waals surface area contributed by atoms with E-state index in [1.54, 1.807) is 6.20 Å². The number of aryl methyl sites for hydroxylation is 1. The van der Waals surface area contributed by atoms with Gasteiger partial charge in [0.25, 0.3) is 5.91 Å². The van der Waals surface area contributed by atoms with E-state index in [4.69, 9.17) is 4.74 Å². The van der Waals surface area contributed by atoms with Crippen LogP contribution in [0.25, 0.3) is 0 Å². The summed E-state index contributed by atoms with van der Waals surface area (Å²) in [6, 6.07) is 3.90. The van der Waals surface area contributed by atoms with Crippen molar-refractivity contribution in [2.24, 2.45) is 0 Å². The Morgan fingerprint density at radius 2 is 2.00 bits per heavy atom. The number of ether oxygens (including phenoxy) is 1. The second kappa shape index (κ2) is 6.26. The fraction of sp³-hybridized carbons (Fsp3) is 0.500. The van der Waals surface area contributed by atoms with Gasteiger partial charge >= 0.3 is 0 Å². The van der Waals surface area contributed by atoms with Gasteiger partial charge in [0, 0.05) is 44.1 Å². The van der Waals surface area contributed by atoms with E-state index in [-0.39, 0.29) is 12.0 Å². The molecule has 1 amide bonds. The molecule has 0 unspecified atom stereocenters. The summed E-state index contributed by atoms with van der Waals surface area (Å²) in [4.78, 5) is 18.9. The summed E-state index contributed by atoms with van der Waals surface area (Å²) in [7, 11) is 0. The Morgan fingerprint density at radius 3 is 2.67 bits per heavy atom. The topological polar surface area (TPSA) is 71.1 Å². The van der Waals surface area contributed by atoms with Gasteiger partial charge < -0.3 is 9.64 Å². The van der Waals surface area contributed by atoms with Crippen molar-refractivity contribution in [1.29, 1.82) is 0 Å². The van der Waals surface area contributed by atoms with Gasteiger partial charge in [0.2, 0.25) is 5.88 Å². The third-order valence-electron chi connectivity index (χ3n) is 4.79. The van der Waals surface area contributed by atoms with Crippen LogP contribution in [0.15, 0.2) is 24.5 Å². The molecule has 0 atom stereocenters. The van der Waals surface area contributed by atoms with Crippen LogP contribution in [0, 0.1) is 6.92 Å². The summed E-state index contributed by atoms with van der Waals surface area (Å²) < 4.78 is 5.93. The molecule has 6 heteroatoms. The second-order valence-electron chi connectivity index (χ2n) is 6.75. The molecular weight excluding hydrogens is 304 g/mol. The molecule has 0 aromatic carbocycles. The summed E-state index contributed by atoms with van der Waals surface area (Å²) >= 11 is 0. The Bertz CT molecular complexity index is 713. The summed E-state index contributed by atoms with van der Waals surface area (Å²) in [5.74, 6) is 1.26. The molecule has 0 radical (unpaired) electrons. The number of likely N-dealkylation sites (tertiary alicyclic amines) is 1. The van der Waals surface area contributed by atoms with Gasteiger partial charge in [0.15, 0.2) is 0 Å². The zero-order valence-corrected chi connectivity index (χ0v) is 13.9. The van der Waals surface area contributed by atoms with E-state index in [9.17, 15) is 4.79 Å². The number of nitrogens with one attached hydrogen (secondary N) is 1. The van der Waals surface area contributed by atoms with Crippen molar-refractivity contribution in [2.45, 2.75) is 44.6 Å². The fourth-order valence-electron chi connectivity index (χ4n) is 3.19. The Kier molecular flexibility index (Phi) is 3.96. The largest absolute Gasteiger partial charge is 0.474 e. The van der Waals surface area contributed by atoms with Crippen LogP contribution >= 0.6 is 0 Å². The van der Waals surface area contributed by atoms with Crippen molar-refractivity contribution in [1.82, 2.24) is 20.1 Å². The fourth-order valence-corrected chi connectivity index (χ4v) is 3.19. The van der Waals surface area contributed by atoms with Crippen molar-refractivity contribution in [2.75, 3.05) is 13.1 Å².